The van der Waals surface area contributed by atoms with Gasteiger partial charge in [-0.15, -0.1) is 0 Å². The zero-order valence-electron chi connectivity index (χ0n) is 14.8. The van der Waals surface area contributed by atoms with Crippen LogP contribution in [0.25, 0.3) is 11.0 Å². The van der Waals surface area contributed by atoms with E-state index in [1.165, 1.54) is 7.11 Å². The van der Waals surface area contributed by atoms with Gasteiger partial charge in [-0.3, -0.25) is 4.79 Å². The number of phenols is 1. The van der Waals surface area contributed by atoms with Crippen molar-refractivity contribution in [2.24, 2.45) is 5.92 Å². The highest BCUT2D eigenvalue weighted by Crippen LogP contribution is 2.39. The standard InChI is InChI=1S/C19H26O5/c1-5-6-13(19(22)23-4)16-10-24-18-14(16)8-12(7-11(2)3)17(21)15(18)9-20/h8,10-11,13,20-21H,5-7,9H2,1-4H3. The summed E-state index contributed by atoms with van der Waals surface area (Å²) in [4.78, 5) is 12.2. The van der Waals surface area contributed by atoms with Crippen LogP contribution in [0.2, 0.25) is 0 Å². The van der Waals surface area contributed by atoms with Crippen molar-refractivity contribution in [1.29, 1.82) is 0 Å². The minimum Gasteiger partial charge on any atom is -0.507 e. The molecule has 2 N–H and O–H groups in total. The summed E-state index contributed by atoms with van der Waals surface area (Å²) in [6.07, 6.45) is 3.70. The molecule has 1 aromatic carbocycles. The van der Waals surface area contributed by atoms with Gasteiger partial charge in [-0.25, -0.2) is 0 Å². The van der Waals surface area contributed by atoms with Gasteiger partial charge in [0, 0.05) is 10.9 Å². The highest BCUT2D eigenvalue weighted by atomic mass is 16.5. The molecule has 0 bridgehead atoms. The van der Waals surface area contributed by atoms with Gasteiger partial charge >= 0.3 is 5.97 Å². The molecule has 1 unspecified atom stereocenters. The first-order valence-electron chi connectivity index (χ1n) is 8.37. The zero-order chi connectivity index (χ0) is 17.9. The van der Waals surface area contributed by atoms with Crippen LogP contribution in [-0.4, -0.2) is 23.3 Å². The van der Waals surface area contributed by atoms with Gasteiger partial charge < -0.3 is 19.4 Å². The molecule has 5 nitrogen and oxygen atoms in total. The van der Waals surface area contributed by atoms with Crippen LogP contribution in [0.4, 0.5) is 0 Å². The fourth-order valence-corrected chi connectivity index (χ4v) is 3.15. The predicted molar refractivity (Wildman–Crippen MR) is 92.0 cm³/mol. The van der Waals surface area contributed by atoms with Crippen molar-refractivity contribution in [3.8, 4) is 5.75 Å². The number of carbonyl (C=O) groups excluding carboxylic acids is 1. The lowest BCUT2D eigenvalue weighted by Crippen LogP contribution is -2.14. The highest BCUT2D eigenvalue weighted by Gasteiger charge is 2.27. The van der Waals surface area contributed by atoms with E-state index in [9.17, 15) is 15.0 Å². The quantitative estimate of drug-likeness (QED) is 0.751. The molecule has 0 saturated heterocycles. The van der Waals surface area contributed by atoms with Gasteiger partial charge in [0.05, 0.1) is 31.5 Å². The number of methoxy groups -OCH3 is 1. The SMILES string of the molecule is CCCC(C(=O)OC)c1coc2c(CO)c(O)c(CC(C)C)cc12. The van der Waals surface area contributed by atoms with Crippen molar-refractivity contribution in [2.45, 2.75) is 52.6 Å². The van der Waals surface area contributed by atoms with Crippen molar-refractivity contribution >= 4 is 16.9 Å². The first-order chi connectivity index (χ1) is 11.4. The number of carbonyl (C=O) groups is 1. The molecule has 5 heteroatoms. The Hall–Kier alpha value is -2.01. The van der Waals surface area contributed by atoms with Gasteiger partial charge in [-0.2, -0.15) is 0 Å². The second-order valence-electron chi connectivity index (χ2n) is 6.55. The molecule has 24 heavy (non-hydrogen) atoms. The van der Waals surface area contributed by atoms with E-state index >= 15 is 0 Å². The average molecular weight is 334 g/mol. The minimum absolute atomic E-state index is 0.0738. The summed E-state index contributed by atoms with van der Waals surface area (Å²) in [6.45, 7) is 5.81. The van der Waals surface area contributed by atoms with E-state index in [1.807, 2.05) is 13.0 Å². The molecule has 132 valence electrons. The van der Waals surface area contributed by atoms with Crippen LogP contribution in [0.3, 0.4) is 0 Å². The van der Waals surface area contributed by atoms with E-state index in [4.69, 9.17) is 9.15 Å². The van der Waals surface area contributed by atoms with Crippen LogP contribution in [0.15, 0.2) is 16.7 Å². The molecular formula is C19H26O5. The predicted octanol–water partition coefficient (Wildman–Crippen LogP) is 3.89. The lowest BCUT2D eigenvalue weighted by molar-refractivity contribution is -0.142. The van der Waals surface area contributed by atoms with Crippen molar-refractivity contribution in [2.75, 3.05) is 7.11 Å². The fourth-order valence-electron chi connectivity index (χ4n) is 3.15. The van der Waals surface area contributed by atoms with E-state index in [2.05, 4.69) is 13.8 Å². The smallest absolute Gasteiger partial charge is 0.313 e. The normalized spacial score (nSPS) is 12.8. The van der Waals surface area contributed by atoms with Gasteiger partial charge in [0.15, 0.2) is 0 Å². The van der Waals surface area contributed by atoms with Crippen LogP contribution in [0.5, 0.6) is 5.75 Å². The monoisotopic (exact) mass is 334 g/mol. The molecule has 0 aliphatic heterocycles. The van der Waals surface area contributed by atoms with Gasteiger partial charge in [0.25, 0.3) is 0 Å². The molecule has 1 aromatic heterocycles. The van der Waals surface area contributed by atoms with Crippen LogP contribution >= 0.6 is 0 Å². The first-order valence-corrected chi connectivity index (χ1v) is 8.37. The van der Waals surface area contributed by atoms with Crippen molar-refractivity contribution in [3.63, 3.8) is 0 Å². The molecule has 0 radical (unpaired) electrons. The van der Waals surface area contributed by atoms with Crippen molar-refractivity contribution in [3.05, 3.63) is 29.0 Å². The number of aliphatic hydroxyl groups is 1. The Morgan fingerprint density at radius 1 is 1.38 bits per heavy atom. The second kappa shape index (κ2) is 7.71. The lowest BCUT2D eigenvalue weighted by Gasteiger charge is -2.14. The molecule has 2 rings (SSSR count). The largest absolute Gasteiger partial charge is 0.507 e. The molecule has 0 aliphatic carbocycles. The molecular weight excluding hydrogens is 308 g/mol. The number of furan rings is 1. The van der Waals surface area contributed by atoms with E-state index in [1.54, 1.807) is 6.26 Å². The van der Waals surface area contributed by atoms with Gasteiger partial charge in [0.1, 0.15) is 11.3 Å². The van der Waals surface area contributed by atoms with Crippen molar-refractivity contribution in [1.82, 2.24) is 0 Å². The van der Waals surface area contributed by atoms with Gasteiger partial charge in [0.2, 0.25) is 0 Å². The first kappa shape index (κ1) is 18.3. The summed E-state index contributed by atoms with van der Waals surface area (Å²) < 4.78 is 10.5. The summed E-state index contributed by atoms with van der Waals surface area (Å²) in [5.41, 5.74) is 2.31. The summed E-state index contributed by atoms with van der Waals surface area (Å²) in [7, 11) is 1.38. The Labute approximate surface area is 142 Å². The second-order valence-corrected chi connectivity index (χ2v) is 6.55. The summed E-state index contributed by atoms with van der Waals surface area (Å²) in [5, 5.41) is 20.9. The number of hydrogen-bond acceptors (Lipinski definition) is 5. The maximum Gasteiger partial charge on any atom is 0.313 e. The third-order valence-corrected chi connectivity index (χ3v) is 4.27. The highest BCUT2D eigenvalue weighted by molar-refractivity contribution is 5.92. The average Bonchev–Trinajstić information content (AvgIpc) is 2.95. The number of aromatic hydroxyl groups is 1. The molecule has 1 heterocycles. The third kappa shape index (κ3) is 3.41. The Kier molecular flexibility index (Phi) is 5.89. The van der Waals surface area contributed by atoms with E-state index in [0.717, 1.165) is 22.9 Å². The van der Waals surface area contributed by atoms with Crippen LogP contribution in [0.1, 0.15) is 56.2 Å². The lowest BCUT2D eigenvalue weighted by atomic mass is 9.91. The van der Waals surface area contributed by atoms with Crippen LogP contribution < -0.4 is 0 Å². The topological polar surface area (TPSA) is 79.9 Å². The summed E-state index contributed by atoms with van der Waals surface area (Å²) >= 11 is 0. The molecule has 0 aliphatic rings. The molecule has 0 fully saturated rings. The van der Waals surface area contributed by atoms with Crippen LogP contribution in [-0.2, 0) is 22.6 Å². The van der Waals surface area contributed by atoms with E-state index < -0.39 is 5.92 Å². The fraction of sp³-hybridized carbons (Fsp3) is 0.526. The number of rotatable bonds is 7. The van der Waals surface area contributed by atoms with E-state index in [-0.39, 0.29) is 18.3 Å². The maximum atomic E-state index is 12.2. The number of ether oxygens (including phenoxy) is 1. The molecule has 1 atom stereocenters. The summed E-state index contributed by atoms with van der Waals surface area (Å²) in [6, 6.07) is 1.87. The van der Waals surface area contributed by atoms with Gasteiger partial charge in [-0.1, -0.05) is 27.2 Å². The Bertz CT molecular complexity index is 714. The zero-order valence-corrected chi connectivity index (χ0v) is 14.8. The number of hydrogen-bond donors (Lipinski definition) is 2. The Morgan fingerprint density at radius 3 is 2.62 bits per heavy atom. The van der Waals surface area contributed by atoms with Gasteiger partial charge in [-0.05, 0) is 30.4 Å². The molecule has 0 spiro atoms. The minimum atomic E-state index is -0.413. The third-order valence-electron chi connectivity index (χ3n) is 4.27. The van der Waals surface area contributed by atoms with Crippen molar-refractivity contribution < 1.29 is 24.2 Å². The van der Waals surface area contributed by atoms with E-state index in [0.29, 0.717) is 29.9 Å². The Morgan fingerprint density at radius 2 is 2.08 bits per heavy atom. The molecule has 0 amide bonds. The number of aliphatic hydroxyl groups excluding tert-OH is 1. The van der Waals surface area contributed by atoms with Crippen LogP contribution in [0, 0.1) is 5.92 Å². The molecule has 0 saturated carbocycles. The maximum absolute atomic E-state index is 12.2. The Balaban J connectivity index is 2.66. The summed E-state index contributed by atoms with van der Waals surface area (Å²) in [5.74, 6) is -0.292. The number of esters is 1. The molecule has 2 aromatic rings. The number of fused-ring (bicyclic) bond motifs is 1. The number of benzene rings is 1.